The largest absolute Gasteiger partial charge is 0.453 e. The van der Waals surface area contributed by atoms with E-state index in [1.165, 1.54) is 20.0 Å². The molecule has 1 fully saturated rings. The molecule has 4 rings (SSSR count). The summed E-state index contributed by atoms with van der Waals surface area (Å²) in [6.45, 7) is 4.20. The molecule has 8 nitrogen and oxygen atoms in total. The van der Waals surface area contributed by atoms with Crippen LogP contribution in [-0.4, -0.2) is 47.8 Å². The number of ether oxygens (including phenoxy) is 1. The van der Waals surface area contributed by atoms with Crippen LogP contribution in [0, 0.1) is 11.8 Å². The van der Waals surface area contributed by atoms with E-state index < -0.39 is 17.7 Å². The van der Waals surface area contributed by atoms with Gasteiger partial charge in [-0.3, -0.25) is 14.5 Å². The molecule has 220 valence electrons. The van der Waals surface area contributed by atoms with Crippen molar-refractivity contribution >= 4 is 23.7 Å². The number of carbonyl (C=O) groups is 3. The van der Waals surface area contributed by atoms with Gasteiger partial charge in [0.1, 0.15) is 0 Å². The number of unbranched alkanes of at least 4 members (excludes halogenated alkanes) is 1. The Labute approximate surface area is 243 Å². The maximum Gasteiger partial charge on any atom is 0.407 e. The van der Waals surface area contributed by atoms with E-state index in [0.717, 1.165) is 30.4 Å². The fourth-order valence-corrected chi connectivity index (χ4v) is 5.94. The van der Waals surface area contributed by atoms with Crippen LogP contribution in [-0.2, 0) is 26.3 Å². The molecular formula is C33H44N4O4. The number of Topliss-reactive ketones (excluding diaryl/α,β-unsaturated/α-hetero) is 1. The molecule has 0 saturated heterocycles. The average Bonchev–Trinajstić information content (AvgIpc) is 3.75. The Balaban J connectivity index is 1.42. The number of carbonyl (C=O) groups excluding carboxylic acids is 3. The molecule has 1 saturated carbocycles. The molecule has 3 atom stereocenters. The zero-order valence-electron chi connectivity index (χ0n) is 24.6. The van der Waals surface area contributed by atoms with E-state index >= 15 is 0 Å². The molecule has 0 unspecified atom stereocenters. The number of benzene rings is 2. The molecule has 2 aromatic rings. The van der Waals surface area contributed by atoms with Gasteiger partial charge in [-0.25, -0.2) is 9.79 Å². The van der Waals surface area contributed by atoms with E-state index in [-0.39, 0.29) is 23.7 Å². The van der Waals surface area contributed by atoms with Crippen LogP contribution >= 0.6 is 0 Å². The van der Waals surface area contributed by atoms with E-state index in [1.807, 2.05) is 60.7 Å². The summed E-state index contributed by atoms with van der Waals surface area (Å²) in [7, 11) is 1.29. The first-order chi connectivity index (χ1) is 19.7. The molecule has 0 radical (unpaired) electrons. The van der Waals surface area contributed by atoms with Crippen molar-refractivity contribution in [3.63, 3.8) is 0 Å². The Bertz CT molecular complexity index is 1210. The number of amides is 2. The summed E-state index contributed by atoms with van der Waals surface area (Å²) in [5.74, 6) is 1.08. The minimum Gasteiger partial charge on any atom is -0.453 e. The quantitative estimate of drug-likeness (QED) is 0.285. The third-order valence-electron chi connectivity index (χ3n) is 8.11. The normalized spacial score (nSPS) is 20.0. The third-order valence-corrected chi connectivity index (χ3v) is 8.11. The maximum absolute atomic E-state index is 14.2. The molecule has 3 N–H and O–H groups in total. The predicted molar refractivity (Wildman–Crippen MR) is 160 cm³/mol. The number of alkyl carbamates (subject to hydrolysis) is 1. The topological polar surface area (TPSA) is 114 Å². The Morgan fingerprint density at radius 3 is 2.34 bits per heavy atom. The molecule has 8 heteroatoms. The third kappa shape index (κ3) is 7.75. The van der Waals surface area contributed by atoms with Gasteiger partial charge in [-0.1, -0.05) is 93.8 Å². The number of rotatable bonds is 15. The predicted octanol–water partition coefficient (Wildman–Crippen LogP) is 5.35. The lowest BCUT2D eigenvalue weighted by atomic mass is 9.82. The molecule has 0 aromatic heterocycles. The van der Waals surface area contributed by atoms with E-state index in [1.54, 1.807) is 4.90 Å². The van der Waals surface area contributed by atoms with Gasteiger partial charge in [0.25, 0.3) is 5.91 Å². The van der Waals surface area contributed by atoms with Gasteiger partial charge in [-0.2, -0.15) is 0 Å². The van der Waals surface area contributed by atoms with Crippen molar-refractivity contribution in [2.75, 3.05) is 7.11 Å². The number of methoxy groups -OCH3 is 1. The first-order valence-electron chi connectivity index (χ1n) is 14.9. The van der Waals surface area contributed by atoms with Gasteiger partial charge in [0.15, 0.2) is 17.3 Å². The number of hydrogen-bond acceptors (Lipinski definition) is 6. The molecule has 2 amide bonds. The van der Waals surface area contributed by atoms with Crippen molar-refractivity contribution in [3.8, 4) is 0 Å². The van der Waals surface area contributed by atoms with Crippen LogP contribution in [0.15, 0.2) is 65.7 Å². The second kappa shape index (κ2) is 13.8. The van der Waals surface area contributed by atoms with Gasteiger partial charge >= 0.3 is 6.09 Å². The first kappa shape index (κ1) is 30.3. The first-order valence-corrected chi connectivity index (χ1v) is 14.9. The second-order valence-corrected chi connectivity index (χ2v) is 11.9. The van der Waals surface area contributed by atoms with Crippen LogP contribution in [0.4, 0.5) is 4.79 Å². The minimum absolute atomic E-state index is 0.0312. The number of hydrogen-bond donors (Lipinski definition) is 2. The molecule has 0 bridgehead atoms. The van der Waals surface area contributed by atoms with Crippen LogP contribution < -0.4 is 11.1 Å². The number of guanidine groups is 1. The molecule has 1 aliphatic heterocycles. The molecule has 2 aliphatic rings. The summed E-state index contributed by atoms with van der Waals surface area (Å²) in [5.41, 5.74) is 7.38. The molecule has 41 heavy (non-hydrogen) atoms. The van der Waals surface area contributed by atoms with E-state index in [2.05, 4.69) is 19.2 Å². The second-order valence-electron chi connectivity index (χ2n) is 11.9. The van der Waals surface area contributed by atoms with Crippen LogP contribution in [0.3, 0.4) is 0 Å². The zero-order valence-corrected chi connectivity index (χ0v) is 24.6. The van der Waals surface area contributed by atoms with Crippen molar-refractivity contribution in [3.05, 3.63) is 71.8 Å². The highest BCUT2D eigenvalue weighted by Gasteiger charge is 2.51. The summed E-state index contributed by atoms with van der Waals surface area (Å²) in [5, 5.41) is 2.70. The number of nitrogens with zero attached hydrogens (tertiary/aromatic N) is 2. The SMILES string of the molecule is COC(=O)N[C@@H](Cc1ccccc1)C(=O)CCCC[C@@H](CC1CC1)N1C(=O)[C@@](CC(C)C)(c2ccccc2)N=C1N. The standard InChI is InChI=1S/C33H44N4O4/c1-23(2)22-33(26-14-8-5-9-15-26)30(39)37(31(34)36-33)27(20-25-18-19-25)16-10-11-17-29(38)28(35-32(40)41-3)21-24-12-6-4-7-13-24/h4-9,12-15,23,25,27-28H,10-11,16-22H2,1-3H3,(H2,34,36)(H,35,40)/t27-,28-,33+/m0/s1. The molecule has 1 aliphatic carbocycles. The van der Waals surface area contributed by atoms with Crippen LogP contribution in [0.1, 0.15) is 76.3 Å². The molecule has 0 spiro atoms. The monoisotopic (exact) mass is 560 g/mol. The zero-order chi connectivity index (χ0) is 29.4. The molecular weight excluding hydrogens is 516 g/mol. The Morgan fingerprint density at radius 1 is 1.07 bits per heavy atom. The van der Waals surface area contributed by atoms with Crippen LogP contribution in [0.25, 0.3) is 0 Å². The van der Waals surface area contributed by atoms with Crippen LogP contribution in [0.2, 0.25) is 0 Å². The minimum atomic E-state index is -0.999. The van der Waals surface area contributed by atoms with Crippen molar-refractivity contribution in [1.29, 1.82) is 0 Å². The van der Waals surface area contributed by atoms with E-state index in [9.17, 15) is 14.4 Å². The van der Waals surface area contributed by atoms with Crippen molar-refractivity contribution < 1.29 is 19.1 Å². The summed E-state index contributed by atoms with van der Waals surface area (Å²) in [6.07, 6.45) is 6.11. The van der Waals surface area contributed by atoms with E-state index in [0.29, 0.717) is 37.6 Å². The van der Waals surface area contributed by atoms with Crippen LogP contribution in [0.5, 0.6) is 0 Å². The lowest BCUT2D eigenvalue weighted by molar-refractivity contribution is -0.134. The number of ketones is 1. The smallest absolute Gasteiger partial charge is 0.407 e. The highest BCUT2D eigenvalue weighted by atomic mass is 16.5. The van der Waals surface area contributed by atoms with Gasteiger partial charge in [0.2, 0.25) is 0 Å². The number of nitrogens with one attached hydrogen (secondary N) is 1. The Hall–Kier alpha value is -3.68. The lowest BCUT2D eigenvalue weighted by Gasteiger charge is -2.32. The summed E-state index contributed by atoms with van der Waals surface area (Å²) >= 11 is 0. The fraction of sp³-hybridized carbons (Fsp3) is 0.515. The summed E-state index contributed by atoms with van der Waals surface area (Å²) in [6, 6.07) is 18.7. The summed E-state index contributed by atoms with van der Waals surface area (Å²) < 4.78 is 4.76. The average molecular weight is 561 g/mol. The van der Waals surface area contributed by atoms with Crippen molar-refractivity contribution in [2.24, 2.45) is 22.6 Å². The summed E-state index contributed by atoms with van der Waals surface area (Å²) in [4.78, 5) is 45.9. The number of nitrogens with two attached hydrogens (primary N) is 1. The molecule has 2 aromatic carbocycles. The lowest BCUT2D eigenvalue weighted by Crippen LogP contribution is -2.49. The van der Waals surface area contributed by atoms with Gasteiger partial charge in [0.05, 0.1) is 13.2 Å². The maximum atomic E-state index is 14.2. The van der Waals surface area contributed by atoms with E-state index in [4.69, 9.17) is 15.5 Å². The van der Waals surface area contributed by atoms with Crippen molar-refractivity contribution in [2.45, 2.75) is 89.3 Å². The fourth-order valence-electron chi connectivity index (χ4n) is 5.94. The van der Waals surface area contributed by atoms with Gasteiger partial charge in [0, 0.05) is 12.5 Å². The van der Waals surface area contributed by atoms with Gasteiger partial charge < -0.3 is 15.8 Å². The van der Waals surface area contributed by atoms with Gasteiger partial charge in [-0.15, -0.1) is 0 Å². The Kier molecular flexibility index (Phi) is 10.2. The van der Waals surface area contributed by atoms with Gasteiger partial charge in [-0.05, 0) is 55.1 Å². The number of aliphatic imine (C=N–C) groups is 1. The Morgan fingerprint density at radius 2 is 1.73 bits per heavy atom. The highest BCUT2D eigenvalue weighted by molar-refractivity contribution is 6.07. The molecule has 1 heterocycles. The van der Waals surface area contributed by atoms with Crippen molar-refractivity contribution in [1.82, 2.24) is 10.2 Å². The highest BCUT2D eigenvalue weighted by Crippen LogP contribution is 2.42.